The van der Waals surface area contributed by atoms with Gasteiger partial charge in [-0.15, -0.1) is 11.3 Å². The fourth-order valence-electron chi connectivity index (χ4n) is 2.49. The monoisotopic (exact) mass is 258 g/mol. The number of thiophene rings is 1. The molecule has 0 saturated carbocycles. The van der Waals surface area contributed by atoms with Crippen molar-refractivity contribution in [2.45, 2.75) is 26.1 Å². The van der Waals surface area contributed by atoms with Gasteiger partial charge in [0.05, 0.1) is 6.54 Å². The number of rotatable bonds is 2. The lowest BCUT2D eigenvalue weighted by molar-refractivity contribution is 0.553. The molecule has 3 rings (SSSR count). The van der Waals surface area contributed by atoms with E-state index >= 15 is 0 Å². The Morgan fingerprint density at radius 1 is 1.28 bits per heavy atom. The van der Waals surface area contributed by atoms with Gasteiger partial charge in [0.2, 0.25) is 0 Å². The van der Waals surface area contributed by atoms with Crippen molar-refractivity contribution in [1.29, 1.82) is 0 Å². The normalized spacial score (nSPS) is 19.4. The van der Waals surface area contributed by atoms with Crippen molar-refractivity contribution in [3.63, 3.8) is 0 Å². The van der Waals surface area contributed by atoms with Crippen LogP contribution in [0.4, 0.5) is 5.69 Å². The highest BCUT2D eigenvalue weighted by Crippen LogP contribution is 2.26. The zero-order valence-corrected chi connectivity index (χ0v) is 11.4. The first-order chi connectivity index (χ1) is 8.83. The van der Waals surface area contributed by atoms with Crippen molar-refractivity contribution < 1.29 is 0 Å². The van der Waals surface area contributed by atoms with Gasteiger partial charge in [-0.1, -0.05) is 24.3 Å². The van der Waals surface area contributed by atoms with Gasteiger partial charge < -0.3 is 10.2 Å². The fourth-order valence-corrected chi connectivity index (χ4v) is 3.21. The maximum Gasteiger partial charge on any atom is 0.0523 e. The SMILES string of the molecule is CC1CN(Cc2cccs2)c2ccccc2CN1. The van der Waals surface area contributed by atoms with Crippen LogP contribution in [0.25, 0.3) is 0 Å². The minimum Gasteiger partial charge on any atom is -0.365 e. The fraction of sp³-hybridized carbons (Fsp3) is 0.333. The van der Waals surface area contributed by atoms with E-state index in [4.69, 9.17) is 0 Å². The van der Waals surface area contributed by atoms with Crippen molar-refractivity contribution in [2.75, 3.05) is 11.4 Å². The minimum absolute atomic E-state index is 0.525. The summed E-state index contributed by atoms with van der Waals surface area (Å²) in [5.74, 6) is 0. The van der Waals surface area contributed by atoms with Crippen molar-refractivity contribution in [2.24, 2.45) is 0 Å². The summed E-state index contributed by atoms with van der Waals surface area (Å²) in [4.78, 5) is 3.92. The van der Waals surface area contributed by atoms with Gasteiger partial charge in [-0.25, -0.2) is 0 Å². The van der Waals surface area contributed by atoms with Crippen LogP contribution in [0.3, 0.4) is 0 Å². The molecule has 94 valence electrons. The van der Waals surface area contributed by atoms with E-state index in [-0.39, 0.29) is 0 Å². The number of para-hydroxylation sites is 1. The Balaban J connectivity index is 1.91. The predicted molar refractivity (Wildman–Crippen MR) is 78.1 cm³/mol. The van der Waals surface area contributed by atoms with Gasteiger partial charge >= 0.3 is 0 Å². The first kappa shape index (κ1) is 11.8. The molecule has 2 aromatic rings. The van der Waals surface area contributed by atoms with Gasteiger partial charge in [-0.2, -0.15) is 0 Å². The zero-order valence-electron chi connectivity index (χ0n) is 10.6. The van der Waals surface area contributed by atoms with Crippen LogP contribution in [0, 0.1) is 0 Å². The predicted octanol–water partition coefficient (Wildman–Crippen LogP) is 3.25. The Hall–Kier alpha value is -1.32. The van der Waals surface area contributed by atoms with Crippen molar-refractivity contribution in [3.8, 4) is 0 Å². The number of hydrogen-bond donors (Lipinski definition) is 1. The van der Waals surface area contributed by atoms with Gasteiger partial charge in [0.25, 0.3) is 0 Å². The average molecular weight is 258 g/mol. The Morgan fingerprint density at radius 2 is 2.17 bits per heavy atom. The second-order valence-corrected chi connectivity index (χ2v) is 5.90. The van der Waals surface area contributed by atoms with E-state index < -0.39 is 0 Å². The zero-order chi connectivity index (χ0) is 12.4. The number of anilines is 1. The highest BCUT2D eigenvalue weighted by molar-refractivity contribution is 7.09. The maximum atomic E-state index is 3.57. The van der Waals surface area contributed by atoms with Crippen molar-refractivity contribution in [3.05, 3.63) is 52.2 Å². The van der Waals surface area contributed by atoms with Crippen LogP contribution in [0.2, 0.25) is 0 Å². The lowest BCUT2D eigenvalue weighted by Gasteiger charge is -2.25. The molecule has 0 saturated heterocycles. The summed E-state index contributed by atoms with van der Waals surface area (Å²) in [5.41, 5.74) is 2.78. The standard InChI is InChI=1S/C15H18N2S/c1-12-10-17(11-14-6-4-8-18-14)15-7-3-2-5-13(15)9-16-12/h2-8,12,16H,9-11H2,1H3. The molecule has 1 unspecified atom stereocenters. The highest BCUT2D eigenvalue weighted by atomic mass is 32.1. The number of nitrogens with one attached hydrogen (secondary N) is 1. The van der Waals surface area contributed by atoms with E-state index in [1.807, 2.05) is 11.3 Å². The van der Waals surface area contributed by atoms with Crippen molar-refractivity contribution >= 4 is 17.0 Å². The molecule has 18 heavy (non-hydrogen) atoms. The third kappa shape index (κ3) is 2.42. The van der Waals surface area contributed by atoms with Crippen LogP contribution >= 0.6 is 11.3 Å². The Bertz CT molecular complexity index is 507. The molecule has 1 N–H and O–H groups in total. The molecule has 1 aliphatic heterocycles. The molecule has 1 aliphatic rings. The first-order valence-electron chi connectivity index (χ1n) is 6.41. The van der Waals surface area contributed by atoms with E-state index in [1.165, 1.54) is 16.1 Å². The summed E-state index contributed by atoms with van der Waals surface area (Å²) in [6, 6.07) is 13.6. The van der Waals surface area contributed by atoms with Gasteiger partial charge in [-0.05, 0) is 30.0 Å². The van der Waals surface area contributed by atoms with Crippen LogP contribution in [0.1, 0.15) is 17.4 Å². The summed E-state index contributed by atoms with van der Waals surface area (Å²) >= 11 is 1.84. The third-order valence-electron chi connectivity index (χ3n) is 3.39. The van der Waals surface area contributed by atoms with Gasteiger partial charge in [0.15, 0.2) is 0 Å². The number of benzene rings is 1. The largest absolute Gasteiger partial charge is 0.365 e. The molecule has 1 aromatic heterocycles. The number of nitrogens with zero attached hydrogens (tertiary/aromatic N) is 1. The molecule has 1 aromatic carbocycles. The third-order valence-corrected chi connectivity index (χ3v) is 4.26. The summed E-state index contributed by atoms with van der Waals surface area (Å²) in [7, 11) is 0. The number of hydrogen-bond acceptors (Lipinski definition) is 3. The van der Waals surface area contributed by atoms with Gasteiger partial charge in [0.1, 0.15) is 0 Å². The van der Waals surface area contributed by atoms with Crippen LogP contribution in [-0.2, 0) is 13.1 Å². The van der Waals surface area contributed by atoms with E-state index in [2.05, 4.69) is 58.9 Å². The summed E-state index contributed by atoms with van der Waals surface area (Å²) in [6.45, 7) is 5.31. The molecule has 1 atom stereocenters. The second kappa shape index (κ2) is 5.12. The Morgan fingerprint density at radius 3 is 3.00 bits per heavy atom. The quantitative estimate of drug-likeness (QED) is 0.889. The van der Waals surface area contributed by atoms with Crippen molar-refractivity contribution in [1.82, 2.24) is 5.32 Å². The molecule has 0 aliphatic carbocycles. The molecular weight excluding hydrogens is 240 g/mol. The molecule has 3 heteroatoms. The van der Waals surface area contributed by atoms with Gasteiger partial charge in [-0.3, -0.25) is 0 Å². The number of fused-ring (bicyclic) bond motifs is 1. The van der Waals surface area contributed by atoms with E-state index in [0.29, 0.717) is 6.04 Å². The molecule has 2 heterocycles. The smallest absolute Gasteiger partial charge is 0.0523 e. The molecule has 0 amide bonds. The first-order valence-corrected chi connectivity index (χ1v) is 7.29. The van der Waals surface area contributed by atoms with Crippen LogP contribution in [0.5, 0.6) is 0 Å². The summed E-state index contributed by atoms with van der Waals surface area (Å²) in [5, 5.41) is 5.73. The lowest BCUT2D eigenvalue weighted by Crippen LogP contribution is -2.35. The topological polar surface area (TPSA) is 15.3 Å². The Kier molecular flexibility index (Phi) is 3.35. The summed E-state index contributed by atoms with van der Waals surface area (Å²) < 4.78 is 0. The average Bonchev–Trinajstić information content (AvgIpc) is 2.83. The van der Waals surface area contributed by atoms with E-state index in [1.54, 1.807) is 0 Å². The van der Waals surface area contributed by atoms with Crippen LogP contribution < -0.4 is 10.2 Å². The maximum absolute atomic E-state index is 3.57. The molecular formula is C15H18N2S. The van der Waals surface area contributed by atoms with Crippen LogP contribution in [-0.4, -0.2) is 12.6 Å². The highest BCUT2D eigenvalue weighted by Gasteiger charge is 2.18. The van der Waals surface area contributed by atoms with E-state index in [0.717, 1.165) is 19.6 Å². The molecule has 0 spiro atoms. The summed E-state index contributed by atoms with van der Waals surface area (Å²) in [6.07, 6.45) is 0. The molecule has 0 radical (unpaired) electrons. The lowest BCUT2D eigenvalue weighted by atomic mass is 10.1. The van der Waals surface area contributed by atoms with Crippen LogP contribution in [0.15, 0.2) is 41.8 Å². The second-order valence-electron chi connectivity index (χ2n) is 4.87. The molecule has 0 fully saturated rings. The van der Waals surface area contributed by atoms with Gasteiger partial charge in [0, 0.05) is 29.7 Å². The molecule has 2 nitrogen and oxygen atoms in total. The Labute approximate surface area is 112 Å². The van der Waals surface area contributed by atoms with E-state index in [9.17, 15) is 0 Å². The minimum atomic E-state index is 0.525. The molecule has 0 bridgehead atoms.